The van der Waals surface area contributed by atoms with Crippen LogP contribution in [-0.2, 0) is 4.74 Å². The molecule has 56 valence electrons. The van der Waals surface area contributed by atoms with Crippen LogP contribution in [0.1, 0.15) is 13.8 Å². The first-order valence-corrected chi connectivity index (χ1v) is 3.05. The highest BCUT2D eigenvalue weighted by atomic mass is 16.5. The van der Waals surface area contributed by atoms with Gasteiger partial charge in [-0.05, 0) is 13.8 Å². The number of hydrogen-bond donors (Lipinski definition) is 1. The normalized spacial score (nSPS) is 24.7. The van der Waals surface area contributed by atoms with Crippen LogP contribution in [-0.4, -0.2) is 30.8 Å². The zero-order valence-electron chi connectivity index (χ0n) is 6.03. The zero-order chi connectivity index (χ0) is 6.04. The largest absolute Gasteiger partial charge is 0.412 e. The van der Waals surface area contributed by atoms with Crippen molar-refractivity contribution in [3.63, 3.8) is 0 Å². The molecule has 0 atom stereocenters. The molecule has 1 aliphatic rings. The van der Waals surface area contributed by atoms with Crippen molar-refractivity contribution in [1.29, 1.82) is 0 Å². The molecule has 0 radical (unpaired) electrons. The summed E-state index contributed by atoms with van der Waals surface area (Å²) in [6, 6.07) is 0. The minimum atomic E-state index is 0. The maximum atomic E-state index is 5.40. The van der Waals surface area contributed by atoms with Crippen LogP contribution < -0.4 is 5.32 Å². The van der Waals surface area contributed by atoms with E-state index in [0.717, 1.165) is 19.7 Å². The van der Waals surface area contributed by atoms with Crippen molar-refractivity contribution >= 4 is 0 Å². The van der Waals surface area contributed by atoms with Gasteiger partial charge in [0.2, 0.25) is 0 Å². The van der Waals surface area contributed by atoms with E-state index in [0.29, 0.717) is 0 Å². The topological polar surface area (TPSA) is 52.8 Å². The summed E-state index contributed by atoms with van der Waals surface area (Å²) >= 11 is 0. The lowest BCUT2D eigenvalue weighted by Crippen LogP contribution is -2.45. The molecule has 0 saturated carbocycles. The van der Waals surface area contributed by atoms with Gasteiger partial charge in [0.05, 0.1) is 12.2 Å². The highest BCUT2D eigenvalue weighted by molar-refractivity contribution is 4.75. The molecule has 0 spiro atoms. The summed E-state index contributed by atoms with van der Waals surface area (Å²) in [6.45, 7) is 7.03. The van der Waals surface area contributed by atoms with Gasteiger partial charge in [-0.25, -0.2) is 0 Å². The molecule has 0 aromatic carbocycles. The number of nitrogens with one attached hydrogen (secondary N) is 1. The van der Waals surface area contributed by atoms with E-state index in [2.05, 4.69) is 19.2 Å². The predicted octanol–water partition coefficient (Wildman–Crippen LogP) is -0.440. The van der Waals surface area contributed by atoms with Gasteiger partial charge in [-0.15, -0.1) is 0 Å². The summed E-state index contributed by atoms with van der Waals surface area (Å²) in [6.07, 6.45) is 0. The summed E-state index contributed by atoms with van der Waals surface area (Å²) in [5, 5.41) is 3.25. The summed E-state index contributed by atoms with van der Waals surface area (Å²) in [5.41, 5.74) is 0.0677. The van der Waals surface area contributed by atoms with Crippen molar-refractivity contribution in [2.24, 2.45) is 0 Å². The highest BCUT2D eigenvalue weighted by Gasteiger charge is 2.20. The maximum absolute atomic E-state index is 5.40. The van der Waals surface area contributed by atoms with E-state index >= 15 is 0 Å². The van der Waals surface area contributed by atoms with Crippen LogP contribution in [0.2, 0.25) is 0 Å². The molecule has 0 aromatic heterocycles. The Hall–Kier alpha value is -0.120. The Kier molecular flexibility index (Phi) is 3.11. The monoisotopic (exact) mass is 133 g/mol. The van der Waals surface area contributed by atoms with Gasteiger partial charge in [-0.2, -0.15) is 0 Å². The van der Waals surface area contributed by atoms with Crippen LogP contribution in [0.3, 0.4) is 0 Å². The second-order valence-corrected chi connectivity index (χ2v) is 2.78. The molecule has 0 bridgehead atoms. The van der Waals surface area contributed by atoms with Crippen molar-refractivity contribution < 1.29 is 10.2 Å². The standard InChI is InChI=1S/C6H13NO.H2O/c1-6(2)5-7-3-4-8-6;/h7H,3-5H2,1-2H3;1H2. The van der Waals surface area contributed by atoms with Crippen molar-refractivity contribution in [3.8, 4) is 0 Å². The minimum absolute atomic E-state index is 0. The van der Waals surface area contributed by atoms with Crippen LogP contribution in [0.5, 0.6) is 0 Å². The fourth-order valence-corrected chi connectivity index (χ4v) is 0.840. The molecule has 0 aromatic rings. The van der Waals surface area contributed by atoms with Crippen molar-refractivity contribution in [3.05, 3.63) is 0 Å². The summed E-state index contributed by atoms with van der Waals surface area (Å²) in [7, 11) is 0. The summed E-state index contributed by atoms with van der Waals surface area (Å²) in [4.78, 5) is 0. The molecule has 0 unspecified atom stereocenters. The summed E-state index contributed by atoms with van der Waals surface area (Å²) in [5.74, 6) is 0. The first kappa shape index (κ1) is 8.88. The van der Waals surface area contributed by atoms with E-state index in [-0.39, 0.29) is 11.1 Å². The second kappa shape index (κ2) is 3.15. The average molecular weight is 133 g/mol. The number of rotatable bonds is 0. The molecular weight excluding hydrogens is 118 g/mol. The molecule has 0 amide bonds. The molecule has 1 heterocycles. The van der Waals surface area contributed by atoms with Crippen LogP contribution >= 0.6 is 0 Å². The number of hydrogen-bond acceptors (Lipinski definition) is 2. The second-order valence-electron chi connectivity index (χ2n) is 2.78. The lowest BCUT2D eigenvalue weighted by Gasteiger charge is -2.30. The van der Waals surface area contributed by atoms with Gasteiger partial charge in [-0.3, -0.25) is 0 Å². The van der Waals surface area contributed by atoms with Gasteiger partial charge >= 0.3 is 0 Å². The molecular formula is C6H15NO2. The number of ether oxygens (including phenoxy) is 1. The van der Waals surface area contributed by atoms with Gasteiger partial charge < -0.3 is 15.5 Å². The maximum Gasteiger partial charge on any atom is 0.0750 e. The Morgan fingerprint density at radius 1 is 1.44 bits per heavy atom. The Morgan fingerprint density at radius 2 is 2.11 bits per heavy atom. The molecule has 1 saturated heterocycles. The van der Waals surface area contributed by atoms with Crippen molar-refractivity contribution in [1.82, 2.24) is 5.32 Å². The smallest absolute Gasteiger partial charge is 0.0750 e. The van der Waals surface area contributed by atoms with Gasteiger partial charge in [0, 0.05) is 13.1 Å². The van der Waals surface area contributed by atoms with Gasteiger partial charge in [-0.1, -0.05) is 0 Å². The van der Waals surface area contributed by atoms with Gasteiger partial charge in [0.25, 0.3) is 0 Å². The highest BCUT2D eigenvalue weighted by Crippen LogP contribution is 2.08. The van der Waals surface area contributed by atoms with Crippen LogP contribution in [0.15, 0.2) is 0 Å². The first-order valence-electron chi connectivity index (χ1n) is 3.05. The summed E-state index contributed by atoms with van der Waals surface area (Å²) < 4.78 is 5.40. The molecule has 0 aliphatic carbocycles. The Balaban J connectivity index is 0.000000640. The third-order valence-electron chi connectivity index (χ3n) is 1.32. The van der Waals surface area contributed by atoms with E-state index in [1.165, 1.54) is 0 Å². The molecule has 9 heavy (non-hydrogen) atoms. The molecule has 1 rings (SSSR count). The van der Waals surface area contributed by atoms with Crippen molar-refractivity contribution in [2.75, 3.05) is 19.7 Å². The fraction of sp³-hybridized carbons (Fsp3) is 1.00. The van der Waals surface area contributed by atoms with E-state index in [9.17, 15) is 0 Å². The molecule has 1 fully saturated rings. The Morgan fingerprint density at radius 3 is 2.33 bits per heavy atom. The Labute approximate surface area is 55.7 Å². The van der Waals surface area contributed by atoms with E-state index in [4.69, 9.17) is 4.74 Å². The Bertz CT molecular complexity index is 75.1. The van der Waals surface area contributed by atoms with E-state index in [1.54, 1.807) is 0 Å². The van der Waals surface area contributed by atoms with Crippen molar-refractivity contribution in [2.45, 2.75) is 19.4 Å². The van der Waals surface area contributed by atoms with Gasteiger partial charge in [0.15, 0.2) is 0 Å². The van der Waals surface area contributed by atoms with Crippen LogP contribution in [0.4, 0.5) is 0 Å². The SMILES string of the molecule is CC1(C)CNCCO1.O. The zero-order valence-corrected chi connectivity index (χ0v) is 6.03. The molecule has 3 heteroatoms. The number of morpholine rings is 1. The third kappa shape index (κ3) is 2.79. The van der Waals surface area contributed by atoms with E-state index in [1.807, 2.05) is 0 Å². The fourth-order valence-electron chi connectivity index (χ4n) is 0.840. The first-order chi connectivity index (χ1) is 3.71. The molecule has 3 N–H and O–H groups in total. The minimum Gasteiger partial charge on any atom is -0.412 e. The van der Waals surface area contributed by atoms with Crippen LogP contribution in [0, 0.1) is 0 Å². The van der Waals surface area contributed by atoms with E-state index < -0.39 is 0 Å². The quantitative estimate of drug-likeness (QED) is 0.487. The third-order valence-corrected chi connectivity index (χ3v) is 1.32. The molecule has 1 aliphatic heterocycles. The molecule has 3 nitrogen and oxygen atoms in total. The predicted molar refractivity (Wildman–Crippen MR) is 36.5 cm³/mol. The van der Waals surface area contributed by atoms with Crippen LogP contribution in [0.25, 0.3) is 0 Å². The van der Waals surface area contributed by atoms with Gasteiger partial charge in [0.1, 0.15) is 0 Å². The lowest BCUT2D eigenvalue weighted by molar-refractivity contribution is -0.0384. The average Bonchev–Trinajstić information content (AvgIpc) is 1.65. The lowest BCUT2D eigenvalue weighted by atomic mass is 10.1.